The molecule has 2 amide bonds. The molecule has 262 valence electrons. The number of aromatic hydroxyl groups is 1. The third-order valence-corrected chi connectivity index (χ3v) is 10.2. The standard InChI is InChI=1S/C38H41N3O9/c1-40(28(35(44)39-17-18-42)20-25-9-3-2-4-10-25)37(46)38-21-30-31-32(48-23-47-31)34(38)50-41(33(38)36(45)49-30)22-26-13-7-11-24(19-26)12-8-15-27-14-5-6-16-29(27)43/h2-14,16,19,28,30-34,42-43H,15,17-18,20-23H2,1H3,(H,39,44)/t28-,30-,31+,32+,33+,34-,38+/m1/s1. The van der Waals surface area contributed by atoms with Crippen molar-refractivity contribution in [2.75, 3.05) is 27.0 Å². The minimum Gasteiger partial charge on any atom is -0.508 e. The summed E-state index contributed by atoms with van der Waals surface area (Å²) in [7, 11) is 1.57. The van der Waals surface area contributed by atoms with Gasteiger partial charge < -0.3 is 34.6 Å². The fraction of sp³-hybridized carbons (Fsp3) is 0.395. The second-order valence-corrected chi connectivity index (χ2v) is 13.2. The summed E-state index contributed by atoms with van der Waals surface area (Å²) in [5.41, 5.74) is 1.99. The van der Waals surface area contributed by atoms with Gasteiger partial charge in [0.1, 0.15) is 48.4 Å². The van der Waals surface area contributed by atoms with Crippen LogP contribution in [0.25, 0.3) is 6.08 Å². The predicted octanol–water partition coefficient (Wildman–Crippen LogP) is 2.37. The van der Waals surface area contributed by atoms with Crippen LogP contribution in [0.2, 0.25) is 0 Å². The molecule has 3 aromatic rings. The number of esters is 1. The van der Waals surface area contributed by atoms with Crippen molar-refractivity contribution in [2.24, 2.45) is 5.41 Å². The van der Waals surface area contributed by atoms with Crippen LogP contribution in [0.4, 0.5) is 0 Å². The second kappa shape index (κ2) is 14.3. The number of carbonyl (C=O) groups is 3. The topological polar surface area (TPSA) is 147 Å². The van der Waals surface area contributed by atoms with Crippen molar-refractivity contribution in [2.45, 2.75) is 62.3 Å². The molecule has 12 heteroatoms. The zero-order valence-corrected chi connectivity index (χ0v) is 27.7. The van der Waals surface area contributed by atoms with Gasteiger partial charge in [0.05, 0.1) is 13.2 Å². The highest BCUT2D eigenvalue weighted by molar-refractivity contribution is 5.96. The van der Waals surface area contributed by atoms with Crippen molar-refractivity contribution in [1.82, 2.24) is 15.3 Å². The Morgan fingerprint density at radius 1 is 1.04 bits per heavy atom. The molecule has 12 nitrogen and oxygen atoms in total. The van der Waals surface area contributed by atoms with Gasteiger partial charge in [0.25, 0.3) is 0 Å². The number of aliphatic hydroxyl groups is 1. The number of hydroxylamine groups is 2. The van der Waals surface area contributed by atoms with Crippen molar-refractivity contribution in [3.63, 3.8) is 0 Å². The molecule has 3 aromatic carbocycles. The van der Waals surface area contributed by atoms with Gasteiger partial charge in [0, 0.05) is 26.4 Å². The number of ether oxygens (including phenoxy) is 3. The summed E-state index contributed by atoms with van der Waals surface area (Å²) in [4.78, 5) is 50.5. The summed E-state index contributed by atoms with van der Waals surface area (Å²) in [5, 5.41) is 23.8. The molecule has 3 aliphatic heterocycles. The molecular formula is C38H41N3O9. The van der Waals surface area contributed by atoms with Gasteiger partial charge in [-0.25, -0.2) is 0 Å². The van der Waals surface area contributed by atoms with Gasteiger partial charge in [0.2, 0.25) is 11.8 Å². The molecule has 3 heterocycles. The van der Waals surface area contributed by atoms with Crippen LogP contribution in [0.15, 0.2) is 84.9 Å². The Morgan fingerprint density at radius 2 is 1.80 bits per heavy atom. The van der Waals surface area contributed by atoms with Crippen molar-refractivity contribution in [1.29, 1.82) is 0 Å². The number of fused-ring (bicyclic) bond motifs is 4. The molecule has 0 aromatic heterocycles. The maximum atomic E-state index is 15.0. The summed E-state index contributed by atoms with van der Waals surface area (Å²) in [5.74, 6) is -1.20. The number of benzene rings is 3. The highest BCUT2D eigenvalue weighted by Crippen LogP contribution is 2.56. The van der Waals surface area contributed by atoms with Crippen molar-refractivity contribution in [3.05, 3.63) is 107 Å². The molecule has 7 rings (SSSR count). The maximum Gasteiger partial charge on any atom is 0.327 e. The highest BCUT2D eigenvalue weighted by Gasteiger charge is 2.75. The number of nitrogens with zero attached hydrogens (tertiary/aromatic N) is 2. The lowest BCUT2D eigenvalue weighted by molar-refractivity contribution is -0.204. The Kier molecular flexibility index (Phi) is 9.71. The lowest BCUT2D eigenvalue weighted by atomic mass is 9.62. The van der Waals surface area contributed by atoms with Crippen LogP contribution < -0.4 is 5.32 Å². The van der Waals surface area contributed by atoms with Gasteiger partial charge in [-0.15, -0.1) is 0 Å². The van der Waals surface area contributed by atoms with E-state index in [9.17, 15) is 19.8 Å². The minimum atomic E-state index is -1.43. The molecule has 7 atom stereocenters. The van der Waals surface area contributed by atoms with Gasteiger partial charge in [-0.3, -0.25) is 19.2 Å². The number of hydrogen-bond acceptors (Lipinski definition) is 10. The van der Waals surface area contributed by atoms with E-state index in [2.05, 4.69) is 5.32 Å². The molecule has 3 saturated heterocycles. The first-order valence-corrected chi connectivity index (χ1v) is 16.9. The van der Waals surface area contributed by atoms with Crippen LogP contribution in [-0.2, 0) is 52.8 Å². The van der Waals surface area contributed by atoms with E-state index in [1.54, 1.807) is 19.2 Å². The van der Waals surface area contributed by atoms with Crippen LogP contribution in [0.3, 0.4) is 0 Å². The molecule has 1 aliphatic carbocycles. The van der Waals surface area contributed by atoms with Gasteiger partial charge in [-0.05, 0) is 34.7 Å². The van der Waals surface area contributed by atoms with E-state index in [1.165, 1.54) is 9.96 Å². The summed E-state index contributed by atoms with van der Waals surface area (Å²) in [6, 6.07) is 22.3. The fourth-order valence-corrected chi connectivity index (χ4v) is 7.80. The number of phenols is 1. The van der Waals surface area contributed by atoms with Crippen LogP contribution in [0.5, 0.6) is 5.75 Å². The minimum absolute atomic E-state index is 0.0245. The molecule has 4 fully saturated rings. The summed E-state index contributed by atoms with van der Waals surface area (Å²) in [6.07, 6.45) is 1.97. The quantitative estimate of drug-likeness (QED) is 0.243. The van der Waals surface area contributed by atoms with E-state index in [4.69, 9.17) is 19.0 Å². The van der Waals surface area contributed by atoms with Crippen molar-refractivity contribution >= 4 is 23.9 Å². The van der Waals surface area contributed by atoms with E-state index in [1.807, 2.05) is 78.9 Å². The van der Waals surface area contributed by atoms with Gasteiger partial charge >= 0.3 is 5.97 Å². The van der Waals surface area contributed by atoms with Crippen molar-refractivity contribution < 1.29 is 43.6 Å². The number of phenolic OH excluding ortho intramolecular Hbond substituents is 1. The molecule has 0 unspecified atom stereocenters. The van der Waals surface area contributed by atoms with Crippen LogP contribution >= 0.6 is 0 Å². The molecule has 0 radical (unpaired) electrons. The Bertz CT molecular complexity index is 1750. The molecule has 2 bridgehead atoms. The van der Waals surface area contributed by atoms with E-state index >= 15 is 4.79 Å². The molecule has 50 heavy (non-hydrogen) atoms. The summed E-state index contributed by atoms with van der Waals surface area (Å²) < 4.78 is 17.8. The Morgan fingerprint density at radius 3 is 2.60 bits per heavy atom. The Hall–Kier alpha value is -4.59. The third kappa shape index (κ3) is 6.29. The van der Waals surface area contributed by atoms with Gasteiger partial charge in [-0.1, -0.05) is 84.9 Å². The SMILES string of the molecule is CN(C(=O)[C@@]12C[C@H]3OC(=O)[C@@H]1N(Cc1cccc(C=CCc4ccccc4O)c1)O[C@@H]2[C@H]1OCO[C@H]13)[C@H](Cc1ccccc1)C(=O)NCCO. The number of nitrogens with one attached hydrogen (secondary N) is 1. The number of hydrogen-bond donors (Lipinski definition) is 3. The van der Waals surface area contributed by atoms with E-state index in [-0.39, 0.29) is 45.1 Å². The van der Waals surface area contributed by atoms with Crippen molar-refractivity contribution in [3.8, 4) is 5.75 Å². The van der Waals surface area contributed by atoms with Crippen LogP contribution in [0.1, 0.15) is 28.7 Å². The first kappa shape index (κ1) is 33.9. The fourth-order valence-electron chi connectivity index (χ4n) is 7.80. The average molecular weight is 684 g/mol. The zero-order valence-electron chi connectivity index (χ0n) is 27.7. The number of allylic oxidation sites excluding steroid dienone is 1. The van der Waals surface area contributed by atoms with Gasteiger partial charge in [0.15, 0.2) is 6.04 Å². The molecular weight excluding hydrogens is 642 g/mol. The smallest absolute Gasteiger partial charge is 0.327 e. The maximum absolute atomic E-state index is 15.0. The van der Waals surface area contributed by atoms with E-state index < -0.39 is 59.7 Å². The number of para-hydroxylation sites is 1. The molecule has 4 aliphatic rings. The normalized spacial score (nSPS) is 27.5. The third-order valence-electron chi connectivity index (χ3n) is 10.2. The lowest BCUT2D eigenvalue weighted by Crippen LogP contribution is -2.70. The second-order valence-electron chi connectivity index (χ2n) is 13.2. The van der Waals surface area contributed by atoms with E-state index in [0.29, 0.717) is 6.42 Å². The number of amides is 2. The van der Waals surface area contributed by atoms with Crippen LogP contribution in [0, 0.1) is 5.41 Å². The molecule has 1 saturated carbocycles. The van der Waals surface area contributed by atoms with Crippen LogP contribution in [-0.4, -0.2) is 101 Å². The largest absolute Gasteiger partial charge is 0.508 e. The van der Waals surface area contributed by atoms with E-state index in [0.717, 1.165) is 22.3 Å². The summed E-state index contributed by atoms with van der Waals surface area (Å²) >= 11 is 0. The Balaban J connectivity index is 1.18. The monoisotopic (exact) mass is 683 g/mol. The number of carbonyl (C=O) groups excluding carboxylic acids is 3. The predicted molar refractivity (Wildman–Crippen MR) is 180 cm³/mol. The first-order valence-electron chi connectivity index (χ1n) is 16.9. The van der Waals surface area contributed by atoms with Gasteiger partial charge in [-0.2, -0.15) is 5.06 Å². The molecule has 0 spiro atoms. The highest BCUT2D eigenvalue weighted by atomic mass is 16.8. The number of rotatable bonds is 12. The number of aliphatic hydroxyl groups excluding tert-OH is 1. The first-order chi connectivity index (χ1) is 24.3. The zero-order chi connectivity index (χ0) is 34.8. The summed E-state index contributed by atoms with van der Waals surface area (Å²) in [6.45, 7) is -0.0709. The lowest BCUT2D eigenvalue weighted by Gasteiger charge is -2.50. The Labute approximate surface area is 290 Å². The number of likely N-dealkylation sites (N-methyl/N-ethyl adjacent to an activating group) is 1. The molecule has 3 N–H and O–H groups in total. The average Bonchev–Trinajstić information content (AvgIpc) is 3.75.